The molecule has 136 valence electrons. The predicted molar refractivity (Wildman–Crippen MR) is 95.9 cm³/mol. The average molecular weight is 344 g/mol. The van der Waals surface area contributed by atoms with E-state index in [0.717, 1.165) is 24.8 Å². The lowest BCUT2D eigenvalue weighted by Crippen LogP contribution is -2.61. The topological polar surface area (TPSA) is 66.8 Å². The highest BCUT2D eigenvalue weighted by molar-refractivity contribution is 5.77. The van der Waals surface area contributed by atoms with Gasteiger partial charge < -0.3 is 14.9 Å². The van der Waals surface area contributed by atoms with Crippen molar-refractivity contribution in [3.8, 4) is 0 Å². The van der Waals surface area contributed by atoms with Crippen molar-refractivity contribution < 1.29 is 19.7 Å². The lowest BCUT2D eigenvalue weighted by molar-refractivity contribution is -0.185. The zero-order chi connectivity index (χ0) is 18.1. The number of ether oxygens (including phenoxy) is 1. The van der Waals surface area contributed by atoms with Crippen LogP contribution in [-0.2, 0) is 16.1 Å². The van der Waals surface area contributed by atoms with Crippen molar-refractivity contribution in [2.45, 2.75) is 45.3 Å². The summed E-state index contributed by atoms with van der Waals surface area (Å²) in [7, 11) is 0. The van der Waals surface area contributed by atoms with Crippen LogP contribution in [0.1, 0.15) is 38.7 Å². The van der Waals surface area contributed by atoms with Gasteiger partial charge in [-0.05, 0) is 43.1 Å². The fraction of sp³-hybridized carbons (Fsp3) is 0.571. The second kappa shape index (κ2) is 6.93. The Bertz CT molecular complexity index is 641. The Labute approximate surface area is 149 Å². The van der Waals surface area contributed by atoms with E-state index < -0.39 is 17.0 Å². The summed E-state index contributed by atoms with van der Waals surface area (Å²) in [4.78, 5) is 12.2. The van der Waals surface area contributed by atoms with E-state index in [0.29, 0.717) is 12.5 Å². The van der Waals surface area contributed by atoms with Gasteiger partial charge in [-0.3, -0.25) is 4.79 Å². The second-order valence-electron chi connectivity index (χ2n) is 7.96. The maximum atomic E-state index is 12.2. The molecule has 0 aromatic heterocycles. The highest BCUT2D eigenvalue weighted by Crippen LogP contribution is 2.53. The first-order valence-electron chi connectivity index (χ1n) is 9.13. The number of allylic oxidation sites excluding steroid dienone is 1. The van der Waals surface area contributed by atoms with Gasteiger partial charge in [-0.25, -0.2) is 0 Å². The molecule has 0 spiro atoms. The number of carboxylic acid groups (broad SMARTS) is 1. The maximum absolute atomic E-state index is 12.2. The summed E-state index contributed by atoms with van der Waals surface area (Å²) in [5, 5.41) is 21.3. The van der Waals surface area contributed by atoms with Crippen molar-refractivity contribution in [3.05, 3.63) is 48.0 Å². The van der Waals surface area contributed by atoms with E-state index in [9.17, 15) is 15.0 Å². The maximum Gasteiger partial charge on any atom is 0.313 e. The highest BCUT2D eigenvalue weighted by atomic mass is 16.5. The monoisotopic (exact) mass is 344 g/mol. The van der Waals surface area contributed by atoms with Crippen molar-refractivity contribution in [2.24, 2.45) is 23.2 Å². The van der Waals surface area contributed by atoms with Crippen LogP contribution in [0.5, 0.6) is 0 Å². The normalized spacial score (nSPS) is 37.5. The van der Waals surface area contributed by atoms with Gasteiger partial charge in [0.15, 0.2) is 0 Å². The number of carbonyl (C=O) groups is 1. The predicted octanol–water partition coefficient (Wildman–Crippen LogP) is 3.65. The van der Waals surface area contributed by atoms with Crippen molar-refractivity contribution in [1.82, 2.24) is 0 Å². The summed E-state index contributed by atoms with van der Waals surface area (Å²) in [6.45, 7) is 4.25. The van der Waals surface area contributed by atoms with E-state index in [2.05, 4.69) is 6.92 Å². The lowest BCUT2D eigenvalue weighted by atomic mass is 9.53. The molecule has 0 radical (unpaired) electrons. The van der Waals surface area contributed by atoms with Crippen LogP contribution in [0.25, 0.3) is 0 Å². The highest BCUT2D eigenvalue weighted by Gasteiger charge is 2.60. The van der Waals surface area contributed by atoms with E-state index in [1.54, 1.807) is 13.0 Å². The van der Waals surface area contributed by atoms with Crippen LogP contribution in [0, 0.1) is 23.2 Å². The van der Waals surface area contributed by atoms with Gasteiger partial charge in [-0.1, -0.05) is 55.8 Å². The number of carboxylic acids is 1. The first-order chi connectivity index (χ1) is 11.9. The standard InChI is InChI=1S/C21H28O4/c1-15-8-9-18-17(12-15)10-11-21(24,20(18,2)19(22)23)14-25-13-16-6-4-3-5-7-16/h3-7,10-11,15,17-18,24H,8-9,12-14H2,1-2H3,(H,22,23)/t15-,17-,18-,20-,21-/m0/s1. The number of hydrogen-bond acceptors (Lipinski definition) is 3. The minimum absolute atomic E-state index is 0.0139. The molecule has 4 heteroatoms. The smallest absolute Gasteiger partial charge is 0.313 e. The van der Waals surface area contributed by atoms with Gasteiger partial charge in [0.25, 0.3) is 0 Å². The fourth-order valence-electron chi connectivity index (χ4n) is 4.57. The molecule has 1 aromatic rings. The van der Waals surface area contributed by atoms with Crippen LogP contribution in [-0.4, -0.2) is 28.4 Å². The van der Waals surface area contributed by atoms with Crippen molar-refractivity contribution >= 4 is 5.97 Å². The first kappa shape index (κ1) is 18.2. The van der Waals surface area contributed by atoms with Gasteiger partial charge in [-0.15, -0.1) is 0 Å². The summed E-state index contributed by atoms with van der Waals surface area (Å²) in [5.74, 6) is -0.174. The summed E-state index contributed by atoms with van der Waals surface area (Å²) < 4.78 is 5.74. The summed E-state index contributed by atoms with van der Waals surface area (Å²) in [5.41, 5.74) is -1.72. The Morgan fingerprint density at radius 1 is 1.28 bits per heavy atom. The number of rotatable bonds is 5. The lowest BCUT2D eigenvalue weighted by Gasteiger charge is -2.52. The molecular formula is C21H28O4. The van der Waals surface area contributed by atoms with Crippen LogP contribution in [0.3, 0.4) is 0 Å². The van der Waals surface area contributed by atoms with Gasteiger partial charge in [0.1, 0.15) is 11.0 Å². The number of hydrogen-bond donors (Lipinski definition) is 2. The average Bonchev–Trinajstić information content (AvgIpc) is 2.59. The summed E-state index contributed by atoms with van der Waals surface area (Å²) in [6.07, 6.45) is 6.55. The van der Waals surface area contributed by atoms with Crippen LogP contribution in [0.2, 0.25) is 0 Å². The Balaban J connectivity index is 1.79. The van der Waals surface area contributed by atoms with E-state index in [-0.39, 0.29) is 18.4 Å². The molecule has 2 aliphatic rings. The van der Waals surface area contributed by atoms with Crippen molar-refractivity contribution in [2.75, 3.05) is 6.61 Å². The molecule has 2 aliphatic carbocycles. The minimum Gasteiger partial charge on any atom is -0.481 e. The van der Waals surface area contributed by atoms with Crippen molar-refractivity contribution in [1.29, 1.82) is 0 Å². The van der Waals surface area contributed by atoms with Gasteiger partial charge in [0.2, 0.25) is 0 Å². The SMILES string of the molecule is C[C@H]1CC[C@H]2[C@@H](C=C[C@](O)(COCc3ccccc3)[C@]2(C)C(=O)O)C1. The largest absolute Gasteiger partial charge is 0.481 e. The summed E-state index contributed by atoms with van der Waals surface area (Å²) in [6, 6.07) is 9.71. The van der Waals surface area contributed by atoms with Crippen LogP contribution in [0.15, 0.2) is 42.5 Å². The molecule has 1 fully saturated rings. The van der Waals surface area contributed by atoms with Gasteiger partial charge in [0.05, 0.1) is 13.2 Å². The molecule has 0 aliphatic heterocycles. The Morgan fingerprint density at radius 2 is 2.00 bits per heavy atom. The van der Waals surface area contributed by atoms with E-state index in [4.69, 9.17) is 4.74 Å². The number of fused-ring (bicyclic) bond motifs is 1. The molecule has 25 heavy (non-hydrogen) atoms. The van der Waals surface area contributed by atoms with Gasteiger partial charge >= 0.3 is 5.97 Å². The Kier molecular flexibility index (Phi) is 5.03. The number of aliphatic hydroxyl groups is 1. The second-order valence-corrected chi connectivity index (χ2v) is 7.96. The quantitative estimate of drug-likeness (QED) is 0.800. The molecule has 1 aromatic carbocycles. The number of aliphatic carboxylic acids is 1. The van der Waals surface area contributed by atoms with Crippen molar-refractivity contribution in [3.63, 3.8) is 0 Å². The molecule has 0 bridgehead atoms. The van der Waals surface area contributed by atoms with E-state index >= 15 is 0 Å². The molecule has 5 atom stereocenters. The molecule has 1 saturated carbocycles. The van der Waals surface area contributed by atoms with E-state index in [1.807, 2.05) is 36.4 Å². The molecule has 3 rings (SSSR count). The zero-order valence-corrected chi connectivity index (χ0v) is 15.0. The molecule has 2 N–H and O–H groups in total. The summed E-state index contributed by atoms with van der Waals surface area (Å²) >= 11 is 0. The van der Waals surface area contributed by atoms with Crippen LogP contribution >= 0.6 is 0 Å². The minimum atomic E-state index is -1.49. The van der Waals surface area contributed by atoms with E-state index in [1.165, 1.54) is 0 Å². The molecular weight excluding hydrogens is 316 g/mol. The van der Waals surface area contributed by atoms with Gasteiger partial charge in [0, 0.05) is 0 Å². The van der Waals surface area contributed by atoms with Gasteiger partial charge in [-0.2, -0.15) is 0 Å². The van der Waals surface area contributed by atoms with Crippen LogP contribution in [0.4, 0.5) is 0 Å². The molecule has 4 nitrogen and oxygen atoms in total. The Hall–Kier alpha value is -1.65. The molecule has 0 saturated heterocycles. The third-order valence-corrected chi connectivity index (χ3v) is 6.30. The fourth-order valence-corrected chi connectivity index (χ4v) is 4.57. The first-order valence-corrected chi connectivity index (χ1v) is 9.13. The van der Waals surface area contributed by atoms with Crippen LogP contribution < -0.4 is 0 Å². The molecule has 0 heterocycles. The Morgan fingerprint density at radius 3 is 2.68 bits per heavy atom. The zero-order valence-electron chi connectivity index (χ0n) is 15.0. The molecule has 0 unspecified atom stereocenters. The number of benzene rings is 1. The molecule has 0 amide bonds. The third-order valence-electron chi connectivity index (χ3n) is 6.30. The third kappa shape index (κ3) is 3.25.